The highest BCUT2D eigenvalue weighted by atomic mass is 79.9. The van der Waals surface area contributed by atoms with Crippen LogP contribution in [-0.2, 0) is 9.59 Å². The smallest absolute Gasteiger partial charge is 0.305 e. The van der Waals surface area contributed by atoms with E-state index in [9.17, 15) is 9.59 Å². The highest BCUT2D eigenvalue weighted by molar-refractivity contribution is 9.10. The van der Waals surface area contributed by atoms with E-state index in [-0.39, 0.29) is 12.3 Å². The third-order valence-electron chi connectivity index (χ3n) is 2.34. The SMILES string of the molecule is O=C(O)C[C@@H]1S/C(=N/N=C\c2cccc(Br)c2)NC1=O. The van der Waals surface area contributed by atoms with Crippen LogP contribution in [0.3, 0.4) is 0 Å². The number of carboxylic acid groups (broad SMARTS) is 1. The van der Waals surface area contributed by atoms with E-state index in [1.807, 2.05) is 24.3 Å². The Labute approximate surface area is 127 Å². The van der Waals surface area contributed by atoms with Gasteiger partial charge in [0.2, 0.25) is 5.91 Å². The highest BCUT2D eigenvalue weighted by Crippen LogP contribution is 2.22. The van der Waals surface area contributed by atoms with E-state index in [4.69, 9.17) is 5.11 Å². The van der Waals surface area contributed by atoms with Gasteiger partial charge in [-0.05, 0) is 17.7 Å². The van der Waals surface area contributed by atoms with Crippen LogP contribution in [0.25, 0.3) is 0 Å². The predicted molar refractivity (Wildman–Crippen MR) is 80.9 cm³/mol. The molecule has 1 amide bonds. The number of rotatable bonds is 4. The Hall–Kier alpha value is -1.67. The molecule has 0 aromatic heterocycles. The van der Waals surface area contributed by atoms with E-state index in [2.05, 4.69) is 31.4 Å². The van der Waals surface area contributed by atoms with E-state index in [0.29, 0.717) is 5.17 Å². The molecule has 0 radical (unpaired) electrons. The molecule has 1 saturated heterocycles. The van der Waals surface area contributed by atoms with E-state index in [1.54, 1.807) is 6.21 Å². The van der Waals surface area contributed by atoms with Gasteiger partial charge < -0.3 is 10.4 Å². The van der Waals surface area contributed by atoms with Crippen molar-refractivity contribution in [3.8, 4) is 0 Å². The van der Waals surface area contributed by atoms with Crippen molar-refractivity contribution in [3.63, 3.8) is 0 Å². The molecule has 1 aromatic rings. The lowest BCUT2D eigenvalue weighted by molar-refractivity contribution is -0.138. The minimum absolute atomic E-state index is 0.231. The first-order chi connectivity index (χ1) is 9.54. The number of nitrogens with zero attached hydrogens (tertiary/aromatic N) is 2. The number of carbonyl (C=O) groups is 2. The maximum absolute atomic E-state index is 11.5. The number of hydrogen-bond acceptors (Lipinski definition) is 5. The maximum Gasteiger partial charge on any atom is 0.305 e. The second-order valence-corrected chi connectivity index (χ2v) is 6.01. The number of amidine groups is 1. The van der Waals surface area contributed by atoms with Crippen LogP contribution in [0.2, 0.25) is 0 Å². The monoisotopic (exact) mass is 355 g/mol. The number of benzene rings is 1. The van der Waals surface area contributed by atoms with Gasteiger partial charge in [0.1, 0.15) is 5.25 Å². The quantitative estimate of drug-likeness (QED) is 0.636. The van der Waals surface area contributed by atoms with Crippen LogP contribution in [0.5, 0.6) is 0 Å². The van der Waals surface area contributed by atoms with Crippen molar-refractivity contribution in [1.29, 1.82) is 0 Å². The zero-order valence-corrected chi connectivity index (χ0v) is 12.5. The Morgan fingerprint density at radius 3 is 3.05 bits per heavy atom. The molecule has 0 saturated carbocycles. The van der Waals surface area contributed by atoms with Gasteiger partial charge in [-0.2, -0.15) is 5.10 Å². The summed E-state index contributed by atoms with van der Waals surface area (Å²) in [4.78, 5) is 22.0. The zero-order chi connectivity index (χ0) is 14.5. The van der Waals surface area contributed by atoms with Crippen molar-refractivity contribution >= 4 is 51.0 Å². The molecular weight excluding hydrogens is 346 g/mol. The Balaban J connectivity index is 1.99. The van der Waals surface area contributed by atoms with Crippen molar-refractivity contribution in [2.24, 2.45) is 10.2 Å². The lowest BCUT2D eigenvalue weighted by atomic mass is 10.2. The molecule has 20 heavy (non-hydrogen) atoms. The molecule has 1 heterocycles. The highest BCUT2D eigenvalue weighted by Gasteiger charge is 2.32. The molecular formula is C12H10BrN3O3S. The maximum atomic E-state index is 11.5. The average Bonchev–Trinajstić information content (AvgIpc) is 2.69. The zero-order valence-electron chi connectivity index (χ0n) is 10.1. The van der Waals surface area contributed by atoms with Crippen LogP contribution >= 0.6 is 27.7 Å². The van der Waals surface area contributed by atoms with Gasteiger partial charge >= 0.3 is 5.97 Å². The van der Waals surface area contributed by atoms with E-state index in [0.717, 1.165) is 21.8 Å². The lowest BCUT2D eigenvalue weighted by Gasteiger charge is -1.97. The normalized spacial score (nSPS) is 20.6. The summed E-state index contributed by atoms with van der Waals surface area (Å²) in [5, 5.41) is 18.6. The van der Waals surface area contributed by atoms with Crippen molar-refractivity contribution in [2.45, 2.75) is 11.7 Å². The van der Waals surface area contributed by atoms with Gasteiger partial charge in [-0.1, -0.05) is 39.8 Å². The molecule has 1 atom stereocenters. The van der Waals surface area contributed by atoms with Crippen molar-refractivity contribution in [2.75, 3.05) is 0 Å². The minimum Gasteiger partial charge on any atom is -0.481 e. The second kappa shape index (κ2) is 6.67. The number of carbonyl (C=O) groups excluding carboxylic acids is 1. The summed E-state index contributed by atoms with van der Waals surface area (Å²) in [6.07, 6.45) is 1.32. The molecule has 0 spiro atoms. The standard InChI is InChI=1S/C12H10BrN3O3S/c13-8-3-1-2-7(4-8)6-14-16-12-15-11(19)9(20-12)5-10(17)18/h1-4,6,9H,5H2,(H,17,18)(H,15,16,19)/b14-6-/t9-/m0/s1. The van der Waals surface area contributed by atoms with Gasteiger partial charge in [0.15, 0.2) is 5.17 Å². The van der Waals surface area contributed by atoms with Crippen molar-refractivity contribution in [3.05, 3.63) is 34.3 Å². The molecule has 0 bridgehead atoms. The Bertz CT molecular complexity index is 603. The molecule has 1 aliphatic heterocycles. The molecule has 1 fully saturated rings. The topological polar surface area (TPSA) is 91.1 Å². The Morgan fingerprint density at radius 1 is 1.55 bits per heavy atom. The number of hydrogen-bond donors (Lipinski definition) is 2. The largest absolute Gasteiger partial charge is 0.481 e. The fourth-order valence-electron chi connectivity index (χ4n) is 1.48. The van der Waals surface area contributed by atoms with Crippen molar-refractivity contribution in [1.82, 2.24) is 5.32 Å². The van der Waals surface area contributed by atoms with Gasteiger partial charge in [-0.15, -0.1) is 5.10 Å². The second-order valence-electron chi connectivity index (χ2n) is 3.90. The van der Waals surface area contributed by atoms with Gasteiger partial charge in [0.05, 0.1) is 12.6 Å². The minimum atomic E-state index is -1.02. The van der Waals surface area contributed by atoms with Gasteiger partial charge in [-0.25, -0.2) is 0 Å². The lowest BCUT2D eigenvalue weighted by Crippen LogP contribution is -2.26. The Morgan fingerprint density at radius 2 is 2.35 bits per heavy atom. The van der Waals surface area contributed by atoms with Gasteiger partial charge in [0, 0.05) is 4.47 Å². The average molecular weight is 356 g/mol. The summed E-state index contributed by atoms with van der Waals surface area (Å²) >= 11 is 4.42. The van der Waals surface area contributed by atoms with Crippen LogP contribution in [0.15, 0.2) is 38.9 Å². The van der Waals surface area contributed by atoms with Crippen LogP contribution in [0.1, 0.15) is 12.0 Å². The van der Waals surface area contributed by atoms with Crippen LogP contribution in [0, 0.1) is 0 Å². The molecule has 6 nitrogen and oxygen atoms in total. The molecule has 1 aliphatic rings. The summed E-state index contributed by atoms with van der Waals surface area (Å²) in [7, 11) is 0. The molecule has 1 aromatic carbocycles. The third-order valence-corrected chi connectivity index (χ3v) is 3.91. The van der Waals surface area contributed by atoms with Crippen LogP contribution in [-0.4, -0.2) is 33.6 Å². The fraction of sp³-hybridized carbons (Fsp3) is 0.167. The number of aliphatic carboxylic acids is 1. The molecule has 104 valence electrons. The molecule has 2 rings (SSSR count). The molecule has 0 unspecified atom stereocenters. The van der Waals surface area contributed by atoms with E-state index in [1.165, 1.54) is 0 Å². The number of carboxylic acids is 1. The fourth-order valence-corrected chi connectivity index (χ4v) is 2.81. The Kier molecular flexibility index (Phi) is 4.91. The van der Waals surface area contributed by atoms with E-state index < -0.39 is 11.2 Å². The first-order valence-corrected chi connectivity index (χ1v) is 7.28. The predicted octanol–water partition coefficient (Wildman–Crippen LogP) is 1.85. The molecule has 8 heteroatoms. The third kappa shape index (κ3) is 4.17. The van der Waals surface area contributed by atoms with Gasteiger partial charge in [0.25, 0.3) is 0 Å². The van der Waals surface area contributed by atoms with Gasteiger partial charge in [-0.3, -0.25) is 9.59 Å². The van der Waals surface area contributed by atoms with E-state index >= 15 is 0 Å². The summed E-state index contributed by atoms with van der Waals surface area (Å²) in [5.74, 6) is -1.37. The first-order valence-electron chi connectivity index (χ1n) is 5.60. The number of thioether (sulfide) groups is 1. The number of nitrogens with one attached hydrogen (secondary N) is 1. The van der Waals surface area contributed by atoms with Crippen molar-refractivity contribution < 1.29 is 14.7 Å². The number of amides is 1. The number of halogens is 1. The molecule has 0 aliphatic carbocycles. The molecule has 2 N–H and O–H groups in total. The summed E-state index contributed by atoms with van der Waals surface area (Å²) in [6, 6.07) is 7.50. The van der Waals surface area contributed by atoms with Crippen LogP contribution < -0.4 is 5.32 Å². The summed E-state index contributed by atoms with van der Waals surface area (Å²) < 4.78 is 0.930. The van der Waals surface area contributed by atoms with Crippen LogP contribution in [0.4, 0.5) is 0 Å². The first kappa shape index (κ1) is 14.7. The summed E-state index contributed by atoms with van der Waals surface area (Å²) in [5.41, 5.74) is 0.861. The summed E-state index contributed by atoms with van der Waals surface area (Å²) in [6.45, 7) is 0.